The molecule has 1 unspecified atom stereocenters. The summed E-state index contributed by atoms with van der Waals surface area (Å²) in [5.41, 5.74) is 2.05. The molecular formula is C17H16Cl2N6O. The highest BCUT2D eigenvalue weighted by atomic mass is 35.5. The van der Waals surface area contributed by atoms with Gasteiger partial charge in [0, 0.05) is 18.8 Å². The first-order chi connectivity index (χ1) is 12.6. The van der Waals surface area contributed by atoms with Gasteiger partial charge in [0.1, 0.15) is 11.8 Å². The van der Waals surface area contributed by atoms with Crippen LogP contribution >= 0.6 is 23.2 Å². The van der Waals surface area contributed by atoms with E-state index in [1.54, 1.807) is 24.5 Å². The van der Waals surface area contributed by atoms with Crippen molar-refractivity contribution < 1.29 is 4.79 Å². The molecule has 0 radical (unpaired) electrons. The van der Waals surface area contributed by atoms with Crippen LogP contribution in [0.4, 0.5) is 11.5 Å². The van der Waals surface area contributed by atoms with E-state index in [1.807, 2.05) is 0 Å². The third kappa shape index (κ3) is 3.32. The number of nitrogens with one attached hydrogen (secondary N) is 2. The molecule has 134 valence electrons. The molecule has 0 bridgehead atoms. The van der Waals surface area contributed by atoms with Crippen LogP contribution in [-0.2, 0) is 4.79 Å². The van der Waals surface area contributed by atoms with Gasteiger partial charge in [-0.2, -0.15) is 0 Å². The lowest BCUT2D eigenvalue weighted by molar-refractivity contribution is -0.120. The Balaban J connectivity index is 1.50. The third-order valence-corrected chi connectivity index (χ3v) is 5.22. The molecule has 2 aromatic heterocycles. The van der Waals surface area contributed by atoms with E-state index < -0.39 is 0 Å². The quantitative estimate of drug-likeness (QED) is 0.714. The Kier molecular flexibility index (Phi) is 4.65. The molecule has 1 saturated heterocycles. The Morgan fingerprint density at radius 3 is 2.96 bits per heavy atom. The molecule has 1 atom stereocenters. The number of hydrogen-bond donors (Lipinski definition) is 2. The molecule has 7 nitrogen and oxygen atoms in total. The fourth-order valence-electron chi connectivity index (χ4n) is 3.19. The molecule has 3 heterocycles. The minimum absolute atomic E-state index is 0.0389. The number of anilines is 2. The van der Waals surface area contributed by atoms with Crippen LogP contribution < -0.4 is 10.2 Å². The molecule has 1 aliphatic heterocycles. The Bertz CT molecular complexity index is 959. The predicted molar refractivity (Wildman–Crippen MR) is 102 cm³/mol. The molecule has 1 aromatic carbocycles. The number of amides is 1. The number of H-pyrrole nitrogens is 1. The van der Waals surface area contributed by atoms with E-state index in [-0.39, 0.29) is 11.8 Å². The first kappa shape index (κ1) is 17.1. The Hall–Kier alpha value is -2.38. The molecule has 26 heavy (non-hydrogen) atoms. The van der Waals surface area contributed by atoms with Gasteiger partial charge in [0.25, 0.3) is 0 Å². The van der Waals surface area contributed by atoms with Crippen molar-refractivity contribution in [2.24, 2.45) is 5.92 Å². The Morgan fingerprint density at radius 2 is 2.12 bits per heavy atom. The highest BCUT2D eigenvalue weighted by molar-refractivity contribution is 6.42. The van der Waals surface area contributed by atoms with E-state index >= 15 is 0 Å². The predicted octanol–water partition coefficient (Wildman–Crippen LogP) is 3.51. The SMILES string of the molecule is O=C(Nc1ccc(Cl)c(Cl)c1)C1CCCN(c2ncnc3nc[nH]c23)C1. The summed E-state index contributed by atoms with van der Waals surface area (Å²) in [5.74, 6) is 0.591. The molecule has 2 N–H and O–H groups in total. The number of nitrogens with zero attached hydrogens (tertiary/aromatic N) is 4. The summed E-state index contributed by atoms with van der Waals surface area (Å²) in [5, 5.41) is 3.80. The number of fused-ring (bicyclic) bond motifs is 1. The van der Waals surface area contributed by atoms with Gasteiger partial charge < -0.3 is 15.2 Å². The molecule has 4 rings (SSSR count). The van der Waals surface area contributed by atoms with Gasteiger partial charge in [0.2, 0.25) is 5.91 Å². The smallest absolute Gasteiger partial charge is 0.229 e. The van der Waals surface area contributed by atoms with Crippen LogP contribution in [0.15, 0.2) is 30.9 Å². The van der Waals surface area contributed by atoms with Gasteiger partial charge in [-0.15, -0.1) is 0 Å². The molecule has 0 aliphatic carbocycles. The van der Waals surface area contributed by atoms with Gasteiger partial charge in [-0.3, -0.25) is 4.79 Å². The van der Waals surface area contributed by atoms with Crippen molar-refractivity contribution in [1.29, 1.82) is 0 Å². The van der Waals surface area contributed by atoms with Crippen LogP contribution in [0, 0.1) is 5.92 Å². The van der Waals surface area contributed by atoms with Crippen molar-refractivity contribution in [3.05, 3.63) is 40.9 Å². The van der Waals surface area contributed by atoms with E-state index in [9.17, 15) is 4.79 Å². The number of imidazole rings is 1. The summed E-state index contributed by atoms with van der Waals surface area (Å²) in [6.07, 6.45) is 4.82. The third-order valence-electron chi connectivity index (χ3n) is 4.48. The Morgan fingerprint density at radius 1 is 1.23 bits per heavy atom. The maximum atomic E-state index is 12.7. The summed E-state index contributed by atoms with van der Waals surface area (Å²) in [6, 6.07) is 5.06. The topological polar surface area (TPSA) is 86.8 Å². The number of benzene rings is 1. The number of carbonyl (C=O) groups excluding carboxylic acids is 1. The number of halogens is 2. The minimum Gasteiger partial charge on any atom is -0.354 e. The van der Waals surface area contributed by atoms with Crippen molar-refractivity contribution in [2.45, 2.75) is 12.8 Å². The monoisotopic (exact) mass is 390 g/mol. The van der Waals surface area contributed by atoms with Gasteiger partial charge in [-0.05, 0) is 31.0 Å². The highest BCUT2D eigenvalue weighted by Crippen LogP contribution is 2.28. The molecule has 3 aromatic rings. The zero-order valence-electron chi connectivity index (χ0n) is 13.7. The number of piperidine rings is 1. The zero-order valence-corrected chi connectivity index (χ0v) is 15.3. The number of hydrogen-bond acceptors (Lipinski definition) is 5. The van der Waals surface area contributed by atoms with Gasteiger partial charge in [0.15, 0.2) is 11.5 Å². The summed E-state index contributed by atoms with van der Waals surface area (Å²) in [6.45, 7) is 1.42. The lowest BCUT2D eigenvalue weighted by Gasteiger charge is -2.32. The fourth-order valence-corrected chi connectivity index (χ4v) is 3.49. The van der Waals surface area contributed by atoms with Gasteiger partial charge in [-0.1, -0.05) is 23.2 Å². The summed E-state index contributed by atoms with van der Waals surface area (Å²) in [7, 11) is 0. The van der Waals surface area contributed by atoms with Crippen LogP contribution in [0.5, 0.6) is 0 Å². The summed E-state index contributed by atoms with van der Waals surface area (Å²) in [4.78, 5) is 30.5. The van der Waals surface area contributed by atoms with Crippen LogP contribution in [-0.4, -0.2) is 38.9 Å². The molecule has 1 amide bonds. The summed E-state index contributed by atoms with van der Waals surface area (Å²) >= 11 is 11.9. The average molecular weight is 391 g/mol. The molecular weight excluding hydrogens is 375 g/mol. The van der Waals surface area contributed by atoms with Crippen molar-refractivity contribution >= 4 is 51.8 Å². The number of aromatic nitrogens is 4. The standard InChI is InChI=1S/C17H16Cl2N6O/c18-12-4-3-11(6-13(12)19)24-17(26)10-2-1-5-25(7-10)16-14-15(21-8-20-14)22-9-23-16/h3-4,6,8-10H,1-2,5,7H2,(H,24,26)(H,20,21,22,23). The number of aromatic amines is 1. The van der Waals surface area contributed by atoms with Crippen LogP contribution in [0.2, 0.25) is 10.0 Å². The normalized spacial score (nSPS) is 17.5. The highest BCUT2D eigenvalue weighted by Gasteiger charge is 2.28. The average Bonchev–Trinajstić information content (AvgIpc) is 3.13. The van der Waals surface area contributed by atoms with Gasteiger partial charge >= 0.3 is 0 Å². The molecule has 1 aliphatic rings. The fraction of sp³-hybridized carbons (Fsp3) is 0.294. The number of carbonyl (C=O) groups is 1. The van der Waals surface area contributed by atoms with E-state index in [2.05, 4.69) is 30.2 Å². The van der Waals surface area contributed by atoms with E-state index in [4.69, 9.17) is 23.2 Å². The largest absolute Gasteiger partial charge is 0.354 e. The van der Waals surface area contributed by atoms with Crippen LogP contribution in [0.25, 0.3) is 11.2 Å². The van der Waals surface area contributed by atoms with Crippen LogP contribution in [0.3, 0.4) is 0 Å². The second-order valence-electron chi connectivity index (χ2n) is 6.20. The first-order valence-electron chi connectivity index (χ1n) is 8.27. The molecule has 0 spiro atoms. The lowest BCUT2D eigenvalue weighted by Crippen LogP contribution is -2.41. The van der Waals surface area contributed by atoms with Crippen LogP contribution in [0.1, 0.15) is 12.8 Å². The van der Waals surface area contributed by atoms with Gasteiger partial charge in [0.05, 0.1) is 22.3 Å². The minimum atomic E-state index is -0.147. The van der Waals surface area contributed by atoms with E-state index in [0.29, 0.717) is 27.9 Å². The van der Waals surface area contributed by atoms with Crippen molar-refractivity contribution in [3.8, 4) is 0 Å². The van der Waals surface area contributed by atoms with Crippen molar-refractivity contribution in [2.75, 3.05) is 23.3 Å². The first-order valence-corrected chi connectivity index (χ1v) is 9.02. The maximum Gasteiger partial charge on any atom is 0.229 e. The van der Waals surface area contributed by atoms with E-state index in [1.165, 1.54) is 6.33 Å². The molecule has 0 saturated carbocycles. The second-order valence-corrected chi connectivity index (χ2v) is 7.02. The molecule has 1 fully saturated rings. The summed E-state index contributed by atoms with van der Waals surface area (Å²) < 4.78 is 0. The maximum absolute atomic E-state index is 12.7. The van der Waals surface area contributed by atoms with E-state index in [0.717, 1.165) is 30.7 Å². The number of rotatable bonds is 3. The van der Waals surface area contributed by atoms with Crippen molar-refractivity contribution in [1.82, 2.24) is 19.9 Å². The van der Waals surface area contributed by atoms with Gasteiger partial charge in [-0.25, -0.2) is 15.0 Å². The lowest BCUT2D eigenvalue weighted by atomic mass is 9.97. The zero-order chi connectivity index (χ0) is 18.1. The van der Waals surface area contributed by atoms with Crippen molar-refractivity contribution in [3.63, 3.8) is 0 Å². The second kappa shape index (κ2) is 7.09. The Labute approximate surface area is 159 Å². The molecule has 9 heteroatoms.